The van der Waals surface area contributed by atoms with Crippen molar-refractivity contribution in [3.05, 3.63) is 62.5 Å². The van der Waals surface area contributed by atoms with Crippen molar-refractivity contribution >= 4 is 66.7 Å². The molecule has 0 saturated heterocycles. The number of hydrogen-bond donors (Lipinski definition) is 1. The second-order valence-electron chi connectivity index (χ2n) is 8.92. The van der Waals surface area contributed by atoms with E-state index in [2.05, 4.69) is 21.2 Å². The highest BCUT2D eigenvalue weighted by Gasteiger charge is 2.31. The van der Waals surface area contributed by atoms with Gasteiger partial charge >= 0.3 is 0 Å². The number of benzene rings is 2. The molecule has 0 aliphatic rings. The summed E-state index contributed by atoms with van der Waals surface area (Å²) in [6, 6.07) is 10.5. The van der Waals surface area contributed by atoms with Gasteiger partial charge in [-0.05, 0) is 69.7 Å². The van der Waals surface area contributed by atoms with Crippen LogP contribution in [0.4, 0.5) is 5.69 Å². The van der Waals surface area contributed by atoms with Crippen LogP contribution < -0.4 is 9.62 Å². The molecule has 2 aromatic carbocycles. The Kier molecular flexibility index (Phi) is 9.44. The van der Waals surface area contributed by atoms with E-state index >= 15 is 0 Å². The first-order valence-electron chi connectivity index (χ1n) is 10.4. The summed E-state index contributed by atoms with van der Waals surface area (Å²) in [5.74, 6) is -0.934. The lowest BCUT2D eigenvalue weighted by Gasteiger charge is -2.33. The molecule has 0 spiro atoms. The van der Waals surface area contributed by atoms with Gasteiger partial charge in [-0.15, -0.1) is 0 Å². The lowest BCUT2D eigenvalue weighted by molar-refractivity contribution is -0.140. The maximum Gasteiger partial charge on any atom is 0.244 e. The molecule has 0 fully saturated rings. The van der Waals surface area contributed by atoms with E-state index in [1.807, 2.05) is 20.8 Å². The molecule has 0 heterocycles. The summed E-state index contributed by atoms with van der Waals surface area (Å²) in [6.07, 6.45) is 1.03. The molecule has 7 nitrogen and oxygen atoms in total. The van der Waals surface area contributed by atoms with Crippen molar-refractivity contribution in [3.63, 3.8) is 0 Å². The Bertz CT molecular complexity index is 1150. The molecule has 0 radical (unpaired) electrons. The van der Waals surface area contributed by atoms with E-state index in [1.54, 1.807) is 49.4 Å². The number of carbonyl (C=O) groups is 2. The number of rotatable bonds is 8. The zero-order valence-corrected chi connectivity index (χ0v) is 23.5. The minimum absolute atomic E-state index is 0.00843. The SMILES string of the molecule is C[C@@H](C(=O)NC(C)(C)C)N(Cc1ccc(Cl)cc1Cl)C(=O)CN(c1ccc(Br)cc1)S(C)(=O)=O. The zero-order chi connectivity index (χ0) is 25.8. The third-order valence-electron chi connectivity index (χ3n) is 4.82. The van der Waals surface area contributed by atoms with Gasteiger partial charge in [0.05, 0.1) is 11.9 Å². The normalized spacial score (nSPS) is 12.7. The number of carbonyl (C=O) groups excluding carboxylic acids is 2. The molecular formula is C23H28BrCl2N3O4S. The molecule has 1 N–H and O–H groups in total. The summed E-state index contributed by atoms with van der Waals surface area (Å²) in [5, 5.41) is 3.63. The van der Waals surface area contributed by atoms with E-state index in [-0.39, 0.29) is 12.5 Å². The minimum Gasteiger partial charge on any atom is -0.350 e. The topological polar surface area (TPSA) is 86.8 Å². The predicted octanol–water partition coefficient (Wildman–Crippen LogP) is 4.85. The Hall–Kier alpha value is -1.81. The van der Waals surface area contributed by atoms with Gasteiger partial charge in [-0.3, -0.25) is 13.9 Å². The van der Waals surface area contributed by atoms with Crippen molar-refractivity contribution in [2.24, 2.45) is 0 Å². The zero-order valence-electron chi connectivity index (χ0n) is 19.6. The van der Waals surface area contributed by atoms with Crippen LogP contribution in [0.3, 0.4) is 0 Å². The van der Waals surface area contributed by atoms with Crippen molar-refractivity contribution < 1.29 is 18.0 Å². The van der Waals surface area contributed by atoms with Crippen molar-refractivity contribution in [2.45, 2.75) is 45.8 Å². The molecule has 0 saturated carbocycles. The van der Waals surface area contributed by atoms with E-state index in [4.69, 9.17) is 23.2 Å². The quantitative estimate of drug-likeness (QED) is 0.474. The molecule has 0 aromatic heterocycles. The molecule has 1 atom stereocenters. The fourth-order valence-corrected chi connectivity index (χ4v) is 4.69. The van der Waals surface area contributed by atoms with E-state index in [0.29, 0.717) is 21.3 Å². The van der Waals surface area contributed by atoms with Crippen LogP contribution in [0.15, 0.2) is 46.9 Å². The summed E-state index contributed by atoms with van der Waals surface area (Å²) in [7, 11) is -3.79. The van der Waals surface area contributed by atoms with Crippen LogP contribution in [0, 0.1) is 0 Å². The summed E-state index contributed by atoms with van der Waals surface area (Å²) in [6.45, 7) is 6.59. The number of nitrogens with zero attached hydrogens (tertiary/aromatic N) is 2. The molecule has 2 aromatic rings. The van der Waals surface area contributed by atoms with Crippen LogP contribution in [-0.4, -0.2) is 49.5 Å². The van der Waals surface area contributed by atoms with Crippen molar-refractivity contribution in [3.8, 4) is 0 Å². The third kappa shape index (κ3) is 8.15. The second-order valence-corrected chi connectivity index (χ2v) is 12.6. The van der Waals surface area contributed by atoms with E-state index in [9.17, 15) is 18.0 Å². The van der Waals surface area contributed by atoms with Gasteiger partial charge in [-0.25, -0.2) is 8.42 Å². The fraction of sp³-hybridized carbons (Fsp3) is 0.391. The first kappa shape index (κ1) is 28.4. The van der Waals surface area contributed by atoms with Crippen LogP contribution in [0.1, 0.15) is 33.3 Å². The number of hydrogen-bond acceptors (Lipinski definition) is 4. The first-order chi connectivity index (χ1) is 15.6. The number of anilines is 1. The Balaban J connectivity index is 2.43. The molecule has 2 rings (SSSR count). The van der Waals surface area contributed by atoms with Gasteiger partial charge in [-0.2, -0.15) is 0 Å². The van der Waals surface area contributed by atoms with Crippen LogP contribution in [0.5, 0.6) is 0 Å². The second kappa shape index (κ2) is 11.3. The fourth-order valence-electron chi connectivity index (χ4n) is 3.11. The highest BCUT2D eigenvalue weighted by molar-refractivity contribution is 9.10. The molecule has 2 amide bonds. The molecule has 0 aliphatic heterocycles. The number of halogens is 3. The van der Waals surface area contributed by atoms with Crippen molar-refractivity contribution in [2.75, 3.05) is 17.1 Å². The van der Waals surface area contributed by atoms with Crippen molar-refractivity contribution in [1.82, 2.24) is 10.2 Å². The highest BCUT2D eigenvalue weighted by Crippen LogP contribution is 2.25. The minimum atomic E-state index is -3.79. The maximum absolute atomic E-state index is 13.5. The van der Waals surface area contributed by atoms with Gasteiger partial charge in [0.1, 0.15) is 12.6 Å². The average Bonchev–Trinajstić information content (AvgIpc) is 2.69. The summed E-state index contributed by atoms with van der Waals surface area (Å²) in [4.78, 5) is 27.7. The Morgan fingerprint density at radius 2 is 1.68 bits per heavy atom. The van der Waals surface area contributed by atoms with Gasteiger partial charge in [-0.1, -0.05) is 45.2 Å². The van der Waals surface area contributed by atoms with Crippen LogP contribution in [-0.2, 0) is 26.2 Å². The molecule has 0 unspecified atom stereocenters. The van der Waals surface area contributed by atoms with Crippen LogP contribution >= 0.6 is 39.1 Å². The molecular weight excluding hydrogens is 565 g/mol. The smallest absolute Gasteiger partial charge is 0.244 e. The summed E-state index contributed by atoms with van der Waals surface area (Å²) < 4.78 is 26.9. The van der Waals surface area contributed by atoms with Gasteiger partial charge in [0.15, 0.2) is 0 Å². The Morgan fingerprint density at radius 1 is 1.09 bits per heavy atom. The third-order valence-corrected chi connectivity index (χ3v) is 7.07. The monoisotopic (exact) mass is 591 g/mol. The lowest BCUT2D eigenvalue weighted by Crippen LogP contribution is -2.54. The molecule has 34 heavy (non-hydrogen) atoms. The largest absolute Gasteiger partial charge is 0.350 e. The van der Waals surface area contributed by atoms with Gasteiger partial charge < -0.3 is 10.2 Å². The van der Waals surface area contributed by atoms with Crippen LogP contribution in [0.2, 0.25) is 10.0 Å². The number of sulfonamides is 1. The number of amides is 2. The average molecular weight is 593 g/mol. The summed E-state index contributed by atoms with van der Waals surface area (Å²) >= 11 is 15.6. The van der Waals surface area contributed by atoms with E-state index < -0.39 is 34.1 Å². The Morgan fingerprint density at radius 3 is 2.18 bits per heavy atom. The summed E-state index contributed by atoms with van der Waals surface area (Å²) in [5.41, 5.74) is 0.383. The van der Waals surface area contributed by atoms with Gasteiger partial charge in [0, 0.05) is 26.6 Å². The first-order valence-corrected chi connectivity index (χ1v) is 13.8. The number of nitrogens with one attached hydrogen (secondary N) is 1. The predicted molar refractivity (Wildman–Crippen MR) is 141 cm³/mol. The molecule has 0 aliphatic carbocycles. The molecule has 0 bridgehead atoms. The van der Waals surface area contributed by atoms with Crippen molar-refractivity contribution in [1.29, 1.82) is 0 Å². The Labute approximate surface area is 219 Å². The van der Waals surface area contributed by atoms with Gasteiger partial charge in [0.2, 0.25) is 21.8 Å². The van der Waals surface area contributed by atoms with Crippen LogP contribution in [0.25, 0.3) is 0 Å². The standard InChI is InChI=1S/C23H28BrCl2N3O4S/c1-15(22(31)27-23(2,3)4)28(13-16-6-9-18(25)12-20(16)26)21(30)14-29(34(5,32)33)19-10-7-17(24)8-11-19/h6-12,15H,13-14H2,1-5H3,(H,27,31)/t15-/m0/s1. The van der Waals surface area contributed by atoms with E-state index in [1.165, 1.54) is 4.90 Å². The van der Waals surface area contributed by atoms with E-state index in [0.717, 1.165) is 15.0 Å². The lowest BCUT2D eigenvalue weighted by atomic mass is 10.1. The highest BCUT2D eigenvalue weighted by atomic mass is 79.9. The molecule has 186 valence electrons. The molecule has 11 heteroatoms. The maximum atomic E-state index is 13.5. The van der Waals surface area contributed by atoms with Gasteiger partial charge in [0.25, 0.3) is 0 Å².